The van der Waals surface area contributed by atoms with Crippen LogP contribution in [0.2, 0.25) is 5.02 Å². The molecule has 11 heteroatoms. The maximum absolute atomic E-state index is 13.0. The summed E-state index contributed by atoms with van der Waals surface area (Å²) < 4.78 is 45.0. The Hall–Kier alpha value is -4.18. The Balaban J connectivity index is 1.38. The van der Waals surface area contributed by atoms with Gasteiger partial charge in [0.05, 0.1) is 16.8 Å². The van der Waals surface area contributed by atoms with E-state index in [2.05, 4.69) is 20.3 Å². The van der Waals surface area contributed by atoms with Crippen molar-refractivity contribution in [2.45, 2.75) is 25.9 Å². The summed E-state index contributed by atoms with van der Waals surface area (Å²) in [6, 6.07) is 13.6. The minimum atomic E-state index is -4.62. The Morgan fingerprint density at radius 3 is 2.57 bits per heavy atom. The number of hydrogen-bond acceptors (Lipinski definition) is 5. The fourth-order valence-electron chi connectivity index (χ4n) is 3.44. The summed E-state index contributed by atoms with van der Waals surface area (Å²) in [4.78, 5) is 35.1. The number of pyridine rings is 1. The van der Waals surface area contributed by atoms with Gasteiger partial charge in [0.1, 0.15) is 22.9 Å². The molecule has 7 nitrogen and oxygen atoms in total. The van der Waals surface area contributed by atoms with E-state index in [-0.39, 0.29) is 17.9 Å². The van der Waals surface area contributed by atoms with Crippen LogP contribution in [0.25, 0.3) is 11.5 Å². The number of halogens is 4. The highest BCUT2D eigenvalue weighted by Crippen LogP contribution is 2.36. The van der Waals surface area contributed by atoms with Gasteiger partial charge in [-0.15, -0.1) is 0 Å². The Labute approximate surface area is 214 Å². The van der Waals surface area contributed by atoms with Crippen molar-refractivity contribution in [3.05, 3.63) is 88.8 Å². The van der Waals surface area contributed by atoms with E-state index in [1.807, 2.05) is 6.07 Å². The number of Topliss-reactive ketones (excluding diaryl/α,β-unsaturated/α-hetero) is 1. The average Bonchev–Trinajstić information content (AvgIpc) is 3.35. The number of ketones is 1. The van der Waals surface area contributed by atoms with Crippen LogP contribution in [0.3, 0.4) is 0 Å². The van der Waals surface area contributed by atoms with E-state index >= 15 is 0 Å². The van der Waals surface area contributed by atoms with E-state index in [0.29, 0.717) is 35.1 Å². The topological polar surface area (TPSA) is 97.0 Å². The van der Waals surface area contributed by atoms with Gasteiger partial charge in [0.15, 0.2) is 11.6 Å². The summed E-state index contributed by atoms with van der Waals surface area (Å²) in [5.74, 6) is 0.855. The number of carbonyl (C=O) groups is 2. The highest BCUT2D eigenvalue weighted by Gasteiger charge is 2.33. The van der Waals surface area contributed by atoms with E-state index in [1.165, 1.54) is 19.2 Å². The number of H-pyrrole nitrogens is 1. The fourth-order valence-corrected chi connectivity index (χ4v) is 3.66. The first kappa shape index (κ1) is 25.9. The van der Waals surface area contributed by atoms with Crippen molar-refractivity contribution < 1.29 is 27.5 Å². The molecule has 0 saturated heterocycles. The predicted octanol–water partition coefficient (Wildman–Crippen LogP) is 6.71. The maximum Gasteiger partial charge on any atom is 0.417 e. The molecule has 4 rings (SSSR count). The lowest BCUT2D eigenvalue weighted by molar-refractivity contribution is -0.137. The van der Waals surface area contributed by atoms with Crippen LogP contribution in [0.1, 0.15) is 35.0 Å². The fraction of sp³-hybridized carbons (Fsp3) is 0.154. The van der Waals surface area contributed by atoms with Gasteiger partial charge >= 0.3 is 6.18 Å². The lowest BCUT2D eigenvalue weighted by atomic mass is 10.1. The highest BCUT2D eigenvalue weighted by atomic mass is 35.5. The van der Waals surface area contributed by atoms with E-state index in [9.17, 15) is 22.8 Å². The molecule has 4 aromatic rings. The second kappa shape index (κ2) is 10.8. The van der Waals surface area contributed by atoms with Crippen molar-refractivity contribution in [3.63, 3.8) is 0 Å². The molecule has 0 bridgehead atoms. The zero-order valence-corrected chi connectivity index (χ0v) is 20.2. The number of alkyl halides is 3. The molecule has 0 spiro atoms. The zero-order chi connectivity index (χ0) is 26.6. The summed E-state index contributed by atoms with van der Waals surface area (Å²) in [5.41, 5.74) is 0.665. The number of rotatable bonds is 8. The third-order valence-electron chi connectivity index (χ3n) is 5.26. The molecule has 1 amide bonds. The summed E-state index contributed by atoms with van der Waals surface area (Å²) in [7, 11) is 0. The molecular weight excluding hydrogens is 509 g/mol. The molecule has 0 radical (unpaired) electrons. The van der Waals surface area contributed by atoms with Crippen LogP contribution in [0.4, 0.5) is 18.9 Å². The molecule has 190 valence electrons. The van der Waals surface area contributed by atoms with Gasteiger partial charge in [-0.3, -0.25) is 14.6 Å². The van der Waals surface area contributed by atoms with Crippen LogP contribution in [-0.4, -0.2) is 26.6 Å². The quantitative estimate of drug-likeness (QED) is 0.248. The first-order valence-corrected chi connectivity index (χ1v) is 11.4. The molecule has 2 heterocycles. The van der Waals surface area contributed by atoms with Gasteiger partial charge in [-0.1, -0.05) is 23.7 Å². The molecular formula is C26H20ClF3N4O3. The Bertz CT molecular complexity index is 1450. The number of aromatic nitrogens is 3. The Morgan fingerprint density at radius 1 is 1.05 bits per heavy atom. The molecule has 37 heavy (non-hydrogen) atoms. The smallest absolute Gasteiger partial charge is 0.417 e. The SMILES string of the molecule is CC(=O)c1cnc(-c2cc(Oc3cccc(CCC(=O)Nc4ccc(Cl)c(C(F)(F)F)c4)c3)ccn2)[nH]1. The van der Waals surface area contributed by atoms with Crippen LogP contribution in [0, 0.1) is 0 Å². The number of aryl methyl sites for hydroxylation is 1. The average molecular weight is 529 g/mol. The van der Waals surface area contributed by atoms with Crippen LogP contribution in [0.15, 0.2) is 67.0 Å². The first-order valence-electron chi connectivity index (χ1n) is 11.0. The summed E-state index contributed by atoms with van der Waals surface area (Å²) in [6.45, 7) is 1.43. The van der Waals surface area contributed by atoms with Gasteiger partial charge in [-0.2, -0.15) is 13.2 Å². The lowest BCUT2D eigenvalue weighted by Crippen LogP contribution is -2.14. The van der Waals surface area contributed by atoms with Crippen LogP contribution in [0.5, 0.6) is 11.5 Å². The molecule has 0 atom stereocenters. The number of anilines is 1. The molecule has 0 aliphatic rings. The molecule has 0 aliphatic heterocycles. The summed E-state index contributed by atoms with van der Waals surface area (Å²) in [6.07, 6.45) is -1.25. The van der Waals surface area contributed by atoms with E-state index in [1.54, 1.807) is 36.5 Å². The van der Waals surface area contributed by atoms with Gasteiger partial charge in [-0.05, 0) is 48.4 Å². The van der Waals surface area contributed by atoms with Crippen LogP contribution in [-0.2, 0) is 17.4 Å². The number of ether oxygens (including phenoxy) is 1. The predicted molar refractivity (Wildman–Crippen MR) is 132 cm³/mol. The molecule has 2 aromatic heterocycles. The molecule has 2 aromatic carbocycles. The standard InChI is InChI=1S/C26H20ClF3N4O3/c1-15(35)23-14-32-25(34-23)22-13-19(9-10-31-22)37-18-4-2-3-16(11-18)5-8-24(36)33-17-6-7-21(27)20(12-17)26(28,29)30/h2-4,6-7,9-14H,5,8H2,1H3,(H,32,34)(H,33,36). The van der Waals surface area contributed by atoms with Crippen molar-refractivity contribution in [1.82, 2.24) is 15.0 Å². The number of carbonyl (C=O) groups excluding carboxylic acids is 2. The largest absolute Gasteiger partial charge is 0.457 e. The van der Waals surface area contributed by atoms with Crippen molar-refractivity contribution in [1.29, 1.82) is 0 Å². The van der Waals surface area contributed by atoms with Crippen molar-refractivity contribution in [3.8, 4) is 23.0 Å². The number of nitrogens with one attached hydrogen (secondary N) is 2. The second-order valence-electron chi connectivity index (χ2n) is 8.07. The van der Waals surface area contributed by atoms with Crippen molar-refractivity contribution in [2.75, 3.05) is 5.32 Å². The van der Waals surface area contributed by atoms with Crippen LogP contribution >= 0.6 is 11.6 Å². The molecule has 0 saturated carbocycles. The molecule has 0 unspecified atom stereocenters. The van der Waals surface area contributed by atoms with Gasteiger partial charge in [0.2, 0.25) is 5.91 Å². The number of nitrogens with zero attached hydrogens (tertiary/aromatic N) is 2. The monoisotopic (exact) mass is 528 g/mol. The van der Waals surface area contributed by atoms with Crippen molar-refractivity contribution in [2.24, 2.45) is 0 Å². The Morgan fingerprint density at radius 2 is 1.84 bits per heavy atom. The Kier molecular flexibility index (Phi) is 7.58. The minimum absolute atomic E-state index is 0.0132. The first-order chi connectivity index (χ1) is 17.6. The van der Waals surface area contributed by atoms with Gasteiger partial charge in [0, 0.05) is 31.3 Å². The number of amides is 1. The van der Waals surface area contributed by atoms with Gasteiger partial charge in [-0.25, -0.2) is 4.98 Å². The third-order valence-corrected chi connectivity index (χ3v) is 5.59. The van der Waals surface area contributed by atoms with Crippen molar-refractivity contribution >= 4 is 29.0 Å². The molecule has 2 N–H and O–H groups in total. The molecule has 0 aliphatic carbocycles. The highest BCUT2D eigenvalue weighted by molar-refractivity contribution is 6.31. The van der Waals surface area contributed by atoms with E-state index < -0.39 is 22.7 Å². The maximum atomic E-state index is 13.0. The minimum Gasteiger partial charge on any atom is -0.457 e. The number of hydrogen-bond donors (Lipinski definition) is 2. The van der Waals surface area contributed by atoms with Crippen LogP contribution < -0.4 is 10.1 Å². The van der Waals surface area contributed by atoms with E-state index in [4.69, 9.17) is 16.3 Å². The van der Waals surface area contributed by atoms with Gasteiger partial charge < -0.3 is 15.0 Å². The summed E-state index contributed by atoms with van der Waals surface area (Å²) >= 11 is 5.62. The summed E-state index contributed by atoms with van der Waals surface area (Å²) in [5, 5.41) is 2.03. The zero-order valence-electron chi connectivity index (χ0n) is 19.4. The van der Waals surface area contributed by atoms with Gasteiger partial charge in [0.25, 0.3) is 0 Å². The lowest BCUT2D eigenvalue weighted by Gasteiger charge is -2.12. The van der Waals surface area contributed by atoms with E-state index in [0.717, 1.165) is 17.7 Å². The third kappa shape index (κ3) is 6.73. The second-order valence-corrected chi connectivity index (χ2v) is 8.48. The number of imidazole rings is 1. The molecule has 0 fully saturated rings. The normalized spacial score (nSPS) is 11.3. The number of aromatic amines is 1. The number of benzene rings is 2.